The molecule has 0 atom stereocenters. The molecule has 4 heterocycles. The molecule has 0 radical (unpaired) electrons. The Balaban J connectivity index is 1.38. The Bertz CT molecular complexity index is 976. The van der Waals surface area contributed by atoms with Crippen LogP contribution in [0.4, 0.5) is 0 Å². The van der Waals surface area contributed by atoms with E-state index in [2.05, 4.69) is 19.9 Å². The number of carbonyl (C=O) groups is 1. The summed E-state index contributed by atoms with van der Waals surface area (Å²) in [7, 11) is 1.95. The Morgan fingerprint density at radius 3 is 2.68 bits per heavy atom. The summed E-state index contributed by atoms with van der Waals surface area (Å²) in [4.78, 5) is 36.1. The molecule has 0 spiro atoms. The number of aryl methyl sites for hydroxylation is 2. The SMILES string of the molecule is Cc1ncncc1C(=O)N1CCC(Cc2cncc(-c3nccn3C)n2)CC1. The molecule has 0 N–H and O–H groups in total. The lowest BCUT2D eigenvalue weighted by molar-refractivity contribution is 0.0688. The van der Waals surface area contributed by atoms with Gasteiger partial charge in [0.2, 0.25) is 0 Å². The van der Waals surface area contributed by atoms with Crippen LogP contribution in [0.5, 0.6) is 0 Å². The third-order valence-corrected chi connectivity index (χ3v) is 5.28. The van der Waals surface area contributed by atoms with Gasteiger partial charge in [-0.3, -0.25) is 9.78 Å². The smallest absolute Gasteiger partial charge is 0.257 e. The van der Waals surface area contributed by atoms with Crippen molar-refractivity contribution >= 4 is 5.91 Å². The predicted molar refractivity (Wildman–Crippen MR) is 103 cm³/mol. The molecule has 0 bridgehead atoms. The number of carbonyl (C=O) groups excluding carboxylic acids is 1. The van der Waals surface area contributed by atoms with Crippen LogP contribution in [0.2, 0.25) is 0 Å². The monoisotopic (exact) mass is 377 g/mol. The Morgan fingerprint density at radius 2 is 1.96 bits per heavy atom. The second kappa shape index (κ2) is 7.84. The van der Waals surface area contributed by atoms with Gasteiger partial charge < -0.3 is 9.47 Å². The first-order chi connectivity index (χ1) is 13.6. The van der Waals surface area contributed by atoms with Crippen LogP contribution >= 0.6 is 0 Å². The fourth-order valence-corrected chi connectivity index (χ4v) is 3.63. The fraction of sp³-hybridized carbons (Fsp3) is 0.400. The molecule has 0 saturated carbocycles. The third-order valence-electron chi connectivity index (χ3n) is 5.28. The first-order valence-corrected chi connectivity index (χ1v) is 9.46. The maximum atomic E-state index is 12.7. The van der Waals surface area contributed by atoms with E-state index in [9.17, 15) is 4.79 Å². The van der Waals surface area contributed by atoms with Gasteiger partial charge in [0.05, 0.1) is 23.1 Å². The lowest BCUT2D eigenvalue weighted by atomic mass is 9.92. The number of hydrogen-bond acceptors (Lipinski definition) is 6. The molecule has 0 unspecified atom stereocenters. The molecule has 8 heteroatoms. The largest absolute Gasteiger partial charge is 0.339 e. The van der Waals surface area contributed by atoms with E-state index in [0.29, 0.717) is 11.5 Å². The zero-order valence-electron chi connectivity index (χ0n) is 16.1. The number of piperidine rings is 1. The van der Waals surface area contributed by atoms with Gasteiger partial charge in [-0.05, 0) is 32.1 Å². The van der Waals surface area contributed by atoms with E-state index in [1.807, 2.05) is 35.8 Å². The van der Waals surface area contributed by atoms with Gasteiger partial charge in [0.15, 0.2) is 5.82 Å². The van der Waals surface area contributed by atoms with Gasteiger partial charge in [-0.25, -0.2) is 19.9 Å². The average Bonchev–Trinajstić information content (AvgIpc) is 3.15. The molecule has 28 heavy (non-hydrogen) atoms. The van der Waals surface area contributed by atoms with Crippen LogP contribution in [0.3, 0.4) is 0 Å². The van der Waals surface area contributed by atoms with Gasteiger partial charge in [-0.2, -0.15) is 0 Å². The summed E-state index contributed by atoms with van der Waals surface area (Å²) in [5.41, 5.74) is 3.08. The first-order valence-electron chi connectivity index (χ1n) is 9.46. The van der Waals surface area contributed by atoms with Gasteiger partial charge >= 0.3 is 0 Å². The van der Waals surface area contributed by atoms with Crippen LogP contribution in [-0.4, -0.2) is 53.4 Å². The summed E-state index contributed by atoms with van der Waals surface area (Å²) in [6.07, 6.45) is 13.1. The zero-order valence-corrected chi connectivity index (χ0v) is 16.1. The second-order valence-electron chi connectivity index (χ2n) is 7.22. The lowest BCUT2D eigenvalue weighted by Gasteiger charge is -2.32. The number of aromatic nitrogens is 6. The van der Waals surface area contributed by atoms with Crippen molar-refractivity contribution in [1.29, 1.82) is 0 Å². The number of likely N-dealkylation sites (tertiary alicyclic amines) is 1. The number of rotatable bonds is 4. The van der Waals surface area contributed by atoms with E-state index in [4.69, 9.17) is 4.98 Å². The van der Waals surface area contributed by atoms with E-state index < -0.39 is 0 Å². The first kappa shape index (κ1) is 18.2. The van der Waals surface area contributed by atoms with Gasteiger partial charge in [-0.15, -0.1) is 0 Å². The van der Waals surface area contributed by atoms with Gasteiger partial charge in [0.1, 0.15) is 12.0 Å². The van der Waals surface area contributed by atoms with Crippen molar-refractivity contribution in [3.8, 4) is 11.5 Å². The highest BCUT2D eigenvalue weighted by atomic mass is 16.2. The van der Waals surface area contributed by atoms with E-state index in [1.54, 1.807) is 18.6 Å². The van der Waals surface area contributed by atoms with Crippen LogP contribution in [0.15, 0.2) is 37.3 Å². The van der Waals surface area contributed by atoms with Crippen molar-refractivity contribution in [2.45, 2.75) is 26.2 Å². The molecule has 4 rings (SSSR count). The quantitative estimate of drug-likeness (QED) is 0.691. The van der Waals surface area contributed by atoms with Crippen LogP contribution in [0.25, 0.3) is 11.5 Å². The minimum atomic E-state index is 0.0214. The molecule has 1 saturated heterocycles. The van der Waals surface area contributed by atoms with Crippen LogP contribution in [0.1, 0.15) is 34.6 Å². The number of hydrogen-bond donors (Lipinski definition) is 0. The van der Waals surface area contributed by atoms with Crippen LogP contribution in [0, 0.1) is 12.8 Å². The lowest BCUT2D eigenvalue weighted by Crippen LogP contribution is -2.39. The maximum absolute atomic E-state index is 12.7. The summed E-state index contributed by atoms with van der Waals surface area (Å²) in [6.45, 7) is 3.32. The van der Waals surface area contributed by atoms with Crippen molar-refractivity contribution in [2.75, 3.05) is 13.1 Å². The summed E-state index contributed by atoms with van der Waals surface area (Å²) in [5.74, 6) is 1.33. The fourth-order valence-electron chi connectivity index (χ4n) is 3.63. The molecule has 144 valence electrons. The highest BCUT2D eigenvalue weighted by molar-refractivity contribution is 5.94. The standard InChI is InChI=1S/C20H23N7O/c1-14-17(11-22-13-24-14)20(28)27-6-3-15(4-7-27)9-16-10-21-12-18(25-16)19-23-5-8-26(19)2/h5,8,10-13,15H,3-4,6-7,9H2,1-2H3. The van der Waals surface area contributed by atoms with E-state index in [-0.39, 0.29) is 5.91 Å². The van der Waals surface area contributed by atoms with Crippen molar-refractivity contribution in [3.63, 3.8) is 0 Å². The molecule has 3 aromatic heterocycles. The summed E-state index contributed by atoms with van der Waals surface area (Å²) >= 11 is 0. The Morgan fingerprint density at radius 1 is 1.14 bits per heavy atom. The molecule has 1 amide bonds. The molecule has 8 nitrogen and oxygen atoms in total. The Labute approximate surface area is 163 Å². The minimum Gasteiger partial charge on any atom is -0.339 e. The average molecular weight is 377 g/mol. The Hall–Kier alpha value is -3.16. The molecule has 3 aromatic rings. The minimum absolute atomic E-state index is 0.0214. The molecule has 0 aromatic carbocycles. The van der Waals surface area contributed by atoms with Gasteiger partial charge in [-0.1, -0.05) is 0 Å². The van der Waals surface area contributed by atoms with E-state index >= 15 is 0 Å². The third kappa shape index (κ3) is 3.76. The summed E-state index contributed by atoms with van der Waals surface area (Å²) in [6, 6.07) is 0. The van der Waals surface area contributed by atoms with Crippen LogP contribution < -0.4 is 0 Å². The second-order valence-corrected chi connectivity index (χ2v) is 7.22. The molecule has 1 fully saturated rings. The normalized spacial score (nSPS) is 15.0. The van der Waals surface area contributed by atoms with Gasteiger partial charge in [0, 0.05) is 44.9 Å². The van der Waals surface area contributed by atoms with Crippen molar-refractivity contribution in [3.05, 3.63) is 54.3 Å². The van der Waals surface area contributed by atoms with Crippen molar-refractivity contribution < 1.29 is 4.79 Å². The molecule has 1 aliphatic rings. The number of nitrogens with zero attached hydrogens (tertiary/aromatic N) is 7. The van der Waals surface area contributed by atoms with E-state index in [0.717, 1.165) is 55.3 Å². The number of imidazole rings is 1. The highest BCUT2D eigenvalue weighted by Crippen LogP contribution is 2.23. The maximum Gasteiger partial charge on any atom is 0.257 e. The highest BCUT2D eigenvalue weighted by Gasteiger charge is 2.25. The molecule has 0 aliphatic carbocycles. The van der Waals surface area contributed by atoms with Gasteiger partial charge in [0.25, 0.3) is 5.91 Å². The Kier molecular flexibility index (Phi) is 5.10. The van der Waals surface area contributed by atoms with Crippen molar-refractivity contribution in [2.24, 2.45) is 13.0 Å². The zero-order chi connectivity index (χ0) is 19.5. The van der Waals surface area contributed by atoms with Crippen LogP contribution in [-0.2, 0) is 13.5 Å². The van der Waals surface area contributed by atoms with Crippen molar-refractivity contribution in [1.82, 2.24) is 34.4 Å². The summed E-state index contributed by atoms with van der Waals surface area (Å²) in [5, 5.41) is 0. The molecular weight excluding hydrogens is 354 g/mol. The molecular formula is C20H23N7O. The summed E-state index contributed by atoms with van der Waals surface area (Å²) < 4.78 is 1.94. The predicted octanol–water partition coefficient (Wildman–Crippen LogP) is 2.07. The number of amides is 1. The molecule has 1 aliphatic heterocycles. The topological polar surface area (TPSA) is 89.7 Å². The van der Waals surface area contributed by atoms with E-state index in [1.165, 1.54) is 6.33 Å².